The van der Waals surface area contributed by atoms with Gasteiger partial charge in [-0.15, -0.1) is 0 Å². The van der Waals surface area contributed by atoms with Gasteiger partial charge in [-0.25, -0.2) is 4.79 Å². The standard InChI is InChI=1S/C16H22N4O2/c1-10-13(14(17)21)7-12(8-18-10)19-15(22)20-9-11-5-3-4-6-16(11,20)2/h7-8,11H,3-6,9H2,1-2H3,(H2,17,21)(H,19,22)/t11-,16-/m0/s1. The minimum atomic E-state index is -0.538. The second kappa shape index (κ2) is 5.26. The summed E-state index contributed by atoms with van der Waals surface area (Å²) < 4.78 is 0. The number of pyridine rings is 1. The average Bonchev–Trinajstić information content (AvgIpc) is 2.45. The minimum Gasteiger partial charge on any atom is -0.366 e. The zero-order valence-corrected chi connectivity index (χ0v) is 13.1. The molecule has 2 atom stereocenters. The van der Waals surface area contributed by atoms with Crippen LogP contribution in [-0.2, 0) is 0 Å². The number of aryl methyl sites for hydroxylation is 1. The maximum absolute atomic E-state index is 12.5. The molecule has 1 aliphatic carbocycles. The summed E-state index contributed by atoms with van der Waals surface area (Å²) in [5.74, 6) is 0.0775. The quantitative estimate of drug-likeness (QED) is 0.878. The van der Waals surface area contributed by atoms with Gasteiger partial charge in [0.2, 0.25) is 0 Å². The lowest BCUT2D eigenvalue weighted by Gasteiger charge is -2.59. The Bertz CT molecular complexity index is 631. The summed E-state index contributed by atoms with van der Waals surface area (Å²) in [6, 6.07) is 1.46. The highest BCUT2D eigenvalue weighted by Gasteiger charge is 2.52. The van der Waals surface area contributed by atoms with Crippen LogP contribution in [0, 0.1) is 12.8 Å². The number of aromatic nitrogens is 1. The molecule has 0 unspecified atom stereocenters. The molecule has 22 heavy (non-hydrogen) atoms. The van der Waals surface area contributed by atoms with Gasteiger partial charge in [-0.3, -0.25) is 9.78 Å². The second-order valence-corrected chi connectivity index (χ2v) is 6.56. The van der Waals surface area contributed by atoms with E-state index in [4.69, 9.17) is 5.73 Å². The van der Waals surface area contributed by atoms with Crippen molar-refractivity contribution < 1.29 is 9.59 Å². The lowest BCUT2D eigenvalue weighted by Crippen LogP contribution is -2.69. The molecule has 3 N–H and O–H groups in total. The van der Waals surface area contributed by atoms with E-state index >= 15 is 0 Å². The molecule has 118 valence electrons. The molecule has 3 rings (SSSR count). The number of hydrogen-bond acceptors (Lipinski definition) is 3. The highest BCUT2D eigenvalue weighted by Crippen LogP contribution is 2.46. The van der Waals surface area contributed by atoms with Gasteiger partial charge >= 0.3 is 6.03 Å². The fraction of sp³-hybridized carbons (Fsp3) is 0.562. The van der Waals surface area contributed by atoms with Crippen molar-refractivity contribution >= 4 is 17.6 Å². The molecule has 6 nitrogen and oxygen atoms in total. The first-order chi connectivity index (χ1) is 10.4. The van der Waals surface area contributed by atoms with Crippen LogP contribution in [-0.4, -0.2) is 33.9 Å². The van der Waals surface area contributed by atoms with Crippen molar-refractivity contribution in [1.82, 2.24) is 9.88 Å². The Morgan fingerprint density at radius 1 is 1.45 bits per heavy atom. The molecular formula is C16H22N4O2. The number of hydrogen-bond donors (Lipinski definition) is 2. The maximum Gasteiger partial charge on any atom is 0.322 e. The van der Waals surface area contributed by atoms with E-state index in [1.807, 2.05) is 4.90 Å². The van der Waals surface area contributed by atoms with Gasteiger partial charge in [0.05, 0.1) is 23.1 Å². The van der Waals surface area contributed by atoms with Crippen molar-refractivity contribution in [3.05, 3.63) is 23.5 Å². The molecule has 6 heteroatoms. The Hall–Kier alpha value is -2.11. The Morgan fingerprint density at radius 3 is 2.91 bits per heavy atom. The van der Waals surface area contributed by atoms with Crippen LogP contribution in [0.4, 0.5) is 10.5 Å². The van der Waals surface area contributed by atoms with Crippen molar-refractivity contribution in [3.8, 4) is 0 Å². The highest BCUT2D eigenvalue weighted by atomic mass is 16.2. The third kappa shape index (κ3) is 2.32. The van der Waals surface area contributed by atoms with Gasteiger partial charge in [-0.1, -0.05) is 12.8 Å². The van der Waals surface area contributed by atoms with E-state index in [0.717, 1.165) is 13.0 Å². The highest BCUT2D eigenvalue weighted by molar-refractivity contribution is 5.96. The number of anilines is 1. The van der Waals surface area contributed by atoms with Gasteiger partial charge in [0.15, 0.2) is 0 Å². The molecule has 1 aliphatic heterocycles. The Kier molecular flexibility index (Phi) is 3.54. The summed E-state index contributed by atoms with van der Waals surface area (Å²) >= 11 is 0. The summed E-state index contributed by atoms with van der Waals surface area (Å²) in [7, 11) is 0. The van der Waals surface area contributed by atoms with E-state index in [1.165, 1.54) is 19.3 Å². The van der Waals surface area contributed by atoms with Crippen molar-refractivity contribution in [1.29, 1.82) is 0 Å². The monoisotopic (exact) mass is 302 g/mol. The molecule has 1 saturated heterocycles. The van der Waals surface area contributed by atoms with Crippen molar-refractivity contribution in [2.45, 2.75) is 45.1 Å². The number of nitrogens with one attached hydrogen (secondary N) is 1. The van der Waals surface area contributed by atoms with Crippen molar-refractivity contribution in [2.75, 3.05) is 11.9 Å². The summed E-state index contributed by atoms with van der Waals surface area (Å²) in [5, 5.41) is 2.84. The summed E-state index contributed by atoms with van der Waals surface area (Å²) in [6.45, 7) is 4.70. The van der Waals surface area contributed by atoms with Crippen LogP contribution in [0.5, 0.6) is 0 Å². The lowest BCUT2D eigenvalue weighted by molar-refractivity contribution is -0.0560. The molecule has 0 spiro atoms. The molecule has 3 amide bonds. The van der Waals surface area contributed by atoms with Gasteiger partial charge in [-0.05, 0) is 38.7 Å². The van der Waals surface area contributed by atoms with Crippen LogP contribution >= 0.6 is 0 Å². The normalized spacial score (nSPS) is 26.8. The van der Waals surface area contributed by atoms with E-state index in [0.29, 0.717) is 22.9 Å². The van der Waals surface area contributed by atoms with E-state index in [1.54, 1.807) is 19.2 Å². The van der Waals surface area contributed by atoms with Gasteiger partial charge < -0.3 is 16.0 Å². The predicted molar refractivity (Wildman–Crippen MR) is 83.6 cm³/mol. The number of rotatable bonds is 2. The largest absolute Gasteiger partial charge is 0.366 e. The Morgan fingerprint density at radius 2 is 2.23 bits per heavy atom. The smallest absolute Gasteiger partial charge is 0.322 e. The molecule has 0 bridgehead atoms. The molecule has 1 saturated carbocycles. The number of amides is 3. The van der Waals surface area contributed by atoms with Crippen LogP contribution in [0.25, 0.3) is 0 Å². The maximum atomic E-state index is 12.5. The molecular weight excluding hydrogens is 280 g/mol. The molecule has 1 aromatic heterocycles. The topological polar surface area (TPSA) is 88.3 Å². The predicted octanol–water partition coefficient (Wildman–Crippen LogP) is 2.29. The van der Waals surface area contributed by atoms with Gasteiger partial charge in [0, 0.05) is 12.1 Å². The molecule has 0 radical (unpaired) electrons. The zero-order valence-electron chi connectivity index (χ0n) is 13.1. The van der Waals surface area contributed by atoms with Crippen molar-refractivity contribution in [3.63, 3.8) is 0 Å². The van der Waals surface area contributed by atoms with Gasteiger partial charge in [0.25, 0.3) is 5.91 Å². The van der Waals surface area contributed by atoms with E-state index in [9.17, 15) is 9.59 Å². The number of nitrogens with zero attached hydrogens (tertiary/aromatic N) is 2. The summed E-state index contributed by atoms with van der Waals surface area (Å²) in [5.41, 5.74) is 6.70. The van der Waals surface area contributed by atoms with E-state index < -0.39 is 5.91 Å². The van der Waals surface area contributed by atoms with Crippen LogP contribution in [0.1, 0.15) is 48.7 Å². The minimum absolute atomic E-state index is 0.0209. The number of fused-ring (bicyclic) bond motifs is 1. The number of carbonyl (C=O) groups excluding carboxylic acids is 2. The van der Waals surface area contributed by atoms with E-state index in [2.05, 4.69) is 17.2 Å². The van der Waals surface area contributed by atoms with Crippen molar-refractivity contribution in [2.24, 2.45) is 11.7 Å². The third-order valence-corrected chi connectivity index (χ3v) is 5.23. The molecule has 0 aromatic carbocycles. The molecule has 2 aliphatic rings. The fourth-order valence-electron chi connectivity index (χ4n) is 3.71. The lowest BCUT2D eigenvalue weighted by atomic mass is 9.66. The number of urea groups is 1. The summed E-state index contributed by atoms with van der Waals surface area (Å²) in [4.78, 5) is 29.9. The molecule has 2 fully saturated rings. The van der Waals surface area contributed by atoms with Crippen LogP contribution in [0.2, 0.25) is 0 Å². The third-order valence-electron chi connectivity index (χ3n) is 5.23. The first kappa shape index (κ1) is 14.8. The van der Waals surface area contributed by atoms with Crippen LogP contribution < -0.4 is 11.1 Å². The first-order valence-corrected chi connectivity index (χ1v) is 7.77. The van der Waals surface area contributed by atoms with Crippen LogP contribution in [0.3, 0.4) is 0 Å². The average molecular weight is 302 g/mol. The molecule has 1 aromatic rings. The SMILES string of the molecule is Cc1ncc(NC(=O)N2C[C@@H]3CCCC[C@@]32C)cc1C(N)=O. The van der Waals surface area contributed by atoms with Crippen LogP contribution in [0.15, 0.2) is 12.3 Å². The Balaban J connectivity index is 1.73. The zero-order chi connectivity index (χ0) is 15.9. The number of likely N-dealkylation sites (tertiary alicyclic amines) is 1. The fourth-order valence-corrected chi connectivity index (χ4v) is 3.71. The first-order valence-electron chi connectivity index (χ1n) is 7.77. The van der Waals surface area contributed by atoms with E-state index in [-0.39, 0.29) is 11.6 Å². The summed E-state index contributed by atoms with van der Waals surface area (Å²) in [6.07, 6.45) is 6.26. The Labute approximate surface area is 130 Å². The van der Waals surface area contributed by atoms with Gasteiger partial charge in [-0.2, -0.15) is 0 Å². The number of primary amides is 1. The number of carbonyl (C=O) groups is 2. The van der Waals surface area contributed by atoms with Gasteiger partial charge in [0.1, 0.15) is 0 Å². The molecule has 2 heterocycles. The second-order valence-electron chi connectivity index (χ2n) is 6.56. The number of nitrogens with two attached hydrogens (primary N) is 1.